The number of hydrogen-bond acceptors (Lipinski definition) is 15. The average molecular weight is 918 g/mol. The van der Waals surface area contributed by atoms with Gasteiger partial charge in [-0.15, -0.1) is 0 Å². The van der Waals surface area contributed by atoms with Gasteiger partial charge in [0.15, 0.2) is 0 Å². The Kier molecular flexibility index (Phi) is 13.5. The summed E-state index contributed by atoms with van der Waals surface area (Å²) < 4.78 is 30.4. The van der Waals surface area contributed by atoms with Crippen LogP contribution in [0.4, 0.5) is 17.3 Å². The number of aryl methyl sites for hydroxylation is 3. The molecule has 1 aliphatic carbocycles. The minimum atomic E-state index is -0.660. The minimum absolute atomic E-state index is 0.00945. The van der Waals surface area contributed by atoms with Crippen molar-refractivity contribution in [1.29, 1.82) is 0 Å². The van der Waals surface area contributed by atoms with Gasteiger partial charge < -0.3 is 49.3 Å². The molecule has 3 aliphatic rings. The normalized spacial score (nSPS) is 16.0. The smallest absolute Gasteiger partial charge is 0.289 e. The van der Waals surface area contributed by atoms with Crippen LogP contribution in [0.1, 0.15) is 88.6 Å². The Labute approximate surface area is 385 Å². The van der Waals surface area contributed by atoms with E-state index in [-0.39, 0.29) is 24.1 Å². The number of fused-ring (bicyclic) bond motifs is 4. The highest BCUT2D eigenvalue weighted by atomic mass is 16.5. The lowest BCUT2D eigenvalue weighted by molar-refractivity contribution is -0.136. The number of ether oxygens (including phenoxy) is 4. The van der Waals surface area contributed by atoms with Gasteiger partial charge in [-0.2, -0.15) is 5.10 Å². The van der Waals surface area contributed by atoms with E-state index in [1.807, 2.05) is 43.7 Å². The third-order valence-electron chi connectivity index (χ3n) is 12.3. The first kappa shape index (κ1) is 45.3. The molecule has 1 saturated carbocycles. The second kappa shape index (κ2) is 19.9. The molecule has 1 unspecified atom stereocenters. The van der Waals surface area contributed by atoms with Crippen LogP contribution in [0.3, 0.4) is 0 Å². The number of methoxy groups -OCH3 is 1. The molecule has 0 bridgehead atoms. The van der Waals surface area contributed by atoms with Crippen LogP contribution in [0, 0.1) is 13.8 Å². The van der Waals surface area contributed by atoms with Crippen LogP contribution in [-0.2, 0) is 36.9 Å². The Bertz CT molecular complexity index is 2810. The molecule has 1 saturated heterocycles. The van der Waals surface area contributed by atoms with Gasteiger partial charge in [0.1, 0.15) is 34.8 Å². The van der Waals surface area contributed by atoms with Gasteiger partial charge in [-0.1, -0.05) is 11.2 Å². The monoisotopic (exact) mass is 917 g/mol. The van der Waals surface area contributed by atoms with Crippen LogP contribution in [0.25, 0.3) is 33.1 Å². The zero-order valence-electron chi connectivity index (χ0n) is 38.1. The number of carbonyl (C=O) groups excluding carboxylic acids is 4. The summed E-state index contributed by atoms with van der Waals surface area (Å²) in [5, 5.41) is 22.6. The lowest BCUT2D eigenvalue weighted by Gasteiger charge is -2.29. The molecular formula is C47H55N11O9. The number of imide groups is 1. The molecule has 5 N–H and O–H groups in total. The maximum Gasteiger partial charge on any atom is 0.289 e. The van der Waals surface area contributed by atoms with Crippen LogP contribution in [0.5, 0.6) is 5.75 Å². The van der Waals surface area contributed by atoms with E-state index in [2.05, 4.69) is 37.5 Å². The minimum Gasteiger partial charge on any atom is -0.496 e. The van der Waals surface area contributed by atoms with E-state index < -0.39 is 17.9 Å². The number of amides is 4. The fraction of sp³-hybridized carbons (Fsp3) is 0.447. The molecule has 352 valence electrons. The number of nitrogens with one attached hydrogen (secondary N) is 5. The summed E-state index contributed by atoms with van der Waals surface area (Å²) in [6, 6.07) is 10.8. The topological polar surface area (TPSA) is 242 Å². The largest absolute Gasteiger partial charge is 0.496 e. The van der Waals surface area contributed by atoms with Gasteiger partial charge in [0.05, 0.1) is 62.5 Å². The summed E-state index contributed by atoms with van der Waals surface area (Å²) in [6.45, 7) is 10.0. The number of aromatic amines is 1. The Hall–Kier alpha value is -6.90. The fourth-order valence-electron chi connectivity index (χ4n) is 8.73. The summed E-state index contributed by atoms with van der Waals surface area (Å²) in [5.41, 5.74) is 6.91. The van der Waals surface area contributed by atoms with E-state index >= 15 is 0 Å². The molecule has 0 radical (unpaired) electrons. The summed E-state index contributed by atoms with van der Waals surface area (Å²) in [4.78, 5) is 65.2. The molecule has 2 fully saturated rings. The van der Waals surface area contributed by atoms with E-state index in [1.54, 1.807) is 19.2 Å². The maximum atomic E-state index is 13.6. The molecule has 67 heavy (non-hydrogen) atoms. The zero-order chi connectivity index (χ0) is 46.6. The Morgan fingerprint density at radius 3 is 2.46 bits per heavy atom. The van der Waals surface area contributed by atoms with Crippen molar-refractivity contribution < 1.29 is 42.6 Å². The molecule has 0 spiro atoms. The Balaban J connectivity index is 0.729. The molecule has 4 aromatic heterocycles. The van der Waals surface area contributed by atoms with Gasteiger partial charge >= 0.3 is 0 Å². The van der Waals surface area contributed by atoms with Crippen LogP contribution < -0.4 is 26.0 Å². The van der Waals surface area contributed by atoms with Crippen molar-refractivity contribution in [3.05, 3.63) is 70.5 Å². The second-order valence-corrected chi connectivity index (χ2v) is 16.8. The van der Waals surface area contributed by atoms with Gasteiger partial charge in [0.25, 0.3) is 11.8 Å². The van der Waals surface area contributed by atoms with Crippen LogP contribution in [0.15, 0.2) is 40.9 Å². The molecule has 20 nitrogen and oxygen atoms in total. The number of rotatable bonds is 22. The summed E-state index contributed by atoms with van der Waals surface area (Å²) in [7, 11) is 1.63. The van der Waals surface area contributed by atoms with Crippen LogP contribution in [-0.4, -0.2) is 124 Å². The average Bonchev–Trinajstić information content (AvgIpc) is 3.69. The van der Waals surface area contributed by atoms with Crippen molar-refractivity contribution in [1.82, 2.24) is 45.4 Å². The van der Waals surface area contributed by atoms with Gasteiger partial charge in [0, 0.05) is 84.5 Å². The van der Waals surface area contributed by atoms with Crippen molar-refractivity contribution in [2.24, 2.45) is 0 Å². The SMILES string of the molecule is CCn1nc(C2CC2)cc1Nc1nc(C(=O)NCCCOCCOCCOCCNc2cccc3c2CN(C2CCC(=O)NC2=O)C3=O)nc2[nH]c3cc(-c4c(C)noc4C)c(OC)cc3c12. The third kappa shape index (κ3) is 9.68. The predicted molar refractivity (Wildman–Crippen MR) is 246 cm³/mol. The first-order chi connectivity index (χ1) is 32.6. The molecule has 1 atom stereocenters. The molecular weight excluding hydrogens is 863 g/mol. The van der Waals surface area contributed by atoms with E-state index in [1.165, 1.54) is 4.90 Å². The highest BCUT2D eigenvalue weighted by Gasteiger charge is 2.40. The highest BCUT2D eigenvalue weighted by molar-refractivity contribution is 6.14. The number of piperidine rings is 1. The van der Waals surface area contributed by atoms with Crippen molar-refractivity contribution in [2.75, 3.05) is 70.5 Å². The summed E-state index contributed by atoms with van der Waals surface area (Å²) in [5.74, 6) is 1.64. The van der Waals surface area contributed by atoms with Crippen molar-refractivity contribution in [3.8, 4) is 16.9 Å². The van der Waals surface area contributed by atoms with Crippen LogP contribution >= 0.6 is 0 Å². The molecule has 6 aromatic rings. The molecule has 9 rings (SSSR count). The number of nitrogens with zero attached hydrogens (tertiary/aromatic N) is 6. The van der Waals surface area contributed by atoms with Crippen molar-refractivity contribution >= 4 is 62.9 Å². The van der Waals surface area contributed by atoms with Crippen molar-refractivity contribution in [3.63, 3.8) is 0 Å². The second-order valence-electron chi connectivity index (χ2n) is 16.8. The summed E-state index contributed by atoms with van der Waals surface area (Å²) >= 11 is 0. The van der Waals surface area contributed by atoms with Gasteiger partial charge in [0.2, 0.25) is 17.6 Å². The molecule has 4 amide bonds. The van der Waals surface area contributed by atoms with E-state index in [4.69, 9.17) is 38.5 Å². The number of benzene rings is 2. The highest BCUT2D eigenvalue weighted by Crippen LogP contribution is 2.43. The first-order valence-electron chi connectivity index (χ1n) is 22.8. The van der Waals surface area contributed by atoms with Crippen LogP contribution in [0.2, 0.25) is 0 Å². The number of anilines is 3. The lowest BCUT2D eigenvalue weighted by atomic mass is 10.0. The molecule has 2 aromatic carbocycles. The van der Waals surface area contributed by atoms with E-state index in [0.717, 1.165) is 63.3 Å². The maximum absolute atomic E-state index is 13.6. The number of hydrogen-bond donors (Lipinski definition) is 5. The lowest BCUT2D eigenvalue weighted by Crippen LogP contribution is -2.52. The van der Waals surface area contributed by atoms with Crippen molar-refractivity contribution in [2.45, 2.75) is 77.9 Å². The number of carbonyl (C=O) groups is 4. The zero-order valence-corrected chi connectivity index (χ0v) is 38.1. The fourth-order valence-corrected chi connectivity index (χ4v) is 8.73. The third-order valence-corrected chi connectivity index (χ3v) is 12.3. The molecule has 20 heteroatoms. The Morgan fingerprint density at radius 2 is 1.73 bits per heavy atom. The standard InChI is InChI=1S/C47H55N11O9/c1-5-58-38(24-34(55-58)28-10-11-28)51-43-41-30-23-37(63-4)31(40-26(2)56-67-27(40)3)22-35(30)50-42(41)53-44(54-43)46(61)49-14-7-16-64-18-20-66-21-19-65-17-15-48-33-9-6-8-29-32(33)25-57(47(29)62)36-12-13-39(59)52-45(36)60/h6,8-9,22-24,28,36,48H,5,7,10-21,25H2,1-4H3,(H,49,61)(H,52,59,60)(H2,50,51,53,54). The molecule has 6 heterocycles. The van der Waals surface area contributed by atoms with Gasteiger partial charge in [-0.25, -0.2) is 14.6 Å². The quantitative estimate of drug-likeness (QED) is 0.0430. The van der Waals surface area contributed by atoms with Gasteiger partial charge in [-0.3, -0.25) is 24.5 Å². The van der Waals surface area contributed by atoms with E-state index in [9.17, 15) is 19.2 Å². The number of H-pyrrole nitrogens is 1. The predicted octanol–water partition coefficient (Wildman–Crippen LogP) is 5.27. The first-order valence-corrected chi connectivity index (χ1v) is 22.8. The summed E-state index contributed by atoms with van der Waals surface area (Å²) in [6.07, 6.45) is 3.34. The Morgan fingerprint density at radius 1 is 0.940 bits per heavy atom. The molecule has 2 aliphatic heterocycles. The van der Waals surface area contributed by atoms with Gasteiger partial charge in [-0.05, 0) is 70.7 Å². The van der Waals surface area contributed by atoms with E-state index in [0.29, 0.717) is 119 Å². The number of aromatic nitrogens is 6.